The fourth-order valence-corrected chi connectivity index (χ4v) is 3.75. The number of carbonyl (C=O) groups is 1. The second-order valence-corrected chi connectivity index (χ2v) is 7.72. The lowest BCUT2D eigenvalue weighted by Gasteiger charge is -2.21. The molecule has 0 bridgehead atoms. The molecule has 1 saturated heterocycles. The van der Waals surface area contributed by atoms with Crippen molar-refractivity contribution in [1.82, 2.24) is 9.62 Å². The van der Waals surface area contributed by atoms with Crippen molar-refractivity contribution >= 4 is 15.9 Å². The average Bonchev–Trinajstić information content (AvgIpc) is 2.92. The molecule has 0 aromatic heterocycles. The molecule has 1 aromatic carbocycles. The van der Waals surface area contributed by atoms with Crippen molar-refractivity contribution in [1.29, 1.82) is 0 Å². The van der Waals surface area contributed by atoms with Gasteiger partial charge in [-0.2, -0.15) is 0 Å². The summed E-state index contributed by atoms with van der Waals surface area (Å²) < 4.78 is 25.1. The van der Waals surface area contributed by atoms with E-state index in [9.17, 15) is 13.2 Å². The highest BCUT2D eigenvalue weighted by Crippen LogP contribution is 2.25. The summed E-state index contributed by atoms with van der Waals surface area (Å²) in [6.07, 6.45) is 3.22. The van der Waals surface area contributed by atoms with Crippen molar-refractivity contribution in [2.45, 2.75) is 38.1 Å². The van der Waals surface area contributed by atoms with Gasteiger partial charge in [-0.1, -0.05) is 37.3 Å². The van der Waals surface area contributed by atoms with Gasteiger partial charge in [-0.05, 0) is 24.3 Å². The number of amides is 1. The minimum atomic E-state index is -3.22. The summed E-state index contributed by atoms with van der Waals surface area (Å²) in [5, 5.41) is 0. The fourth-order valence-electron chi connectivity index (χ4n) is 2.95. The van der Waals surface area contributed by atoms with Gasteiger partial charge in [0.1, 0.15) is 0 Å². The van der Waals surface area contributed by atoms with Crippen LogP contribution in [0.2, 0.25) is 0 Å². The Labute approximate surface area is 132 Å². The first-order valence-electron chi connectivity index (χ1n) is 7.69. The smallest absolute Gasteiger partial charge is 0.223 e. The van der Waals surface area contributed by atoms with Gasteiger partial charge in [-0.15, -0.1) is 0 Å². The van der Waals surface area contributed by atoms with Crippen LogP contribution in [0.25, 0.3) is 0 Å². The molecular weight excluding hydrogens is 300 g/mol. The van der Waals surface area contributed by atoms with Crippen LogP contribution < -0.4 is 4.72 Å². The number of carbonyl (C=O) groups excluding carboxylic acids is 1. The van der Waals surface area contributed by atoms with E-state index in [4.69, 9.17) is 0 Å². The van der Waals surface area contributed by atoms with Gasteiger partial charge >= 0.3 is 0 Å². The SMILES string of the molecule is CC[C@H](CC(=O)N1CC[C@@H](NS(C)(=O)=O)C1)c1ccccc1. The number of sulfonamides is 1. The lowest BCUT2D eigenvalue weighted by molar-refractivity contribution is -0.130. The number of hydrogen-bond acceptors (Lipinski definition) is 3. The van der Waals surface area contributed by atoms with E-state index in [1.165, 1.54) is 5.56 Å². The monoisotopic (exact) mass is 324 g/mol. The minimum absolute atomic E-state index is 0.105. The largest absolute Gasteiger partial charge is 0.341 e. The third kappa shape index (κ3) is 4.81. The molecule has 5 nitrogen and oxygen atoms in total. The standard InChI is InChI=1S/C16H24N2O3S/c1-3-13(14-7-5-4-6-8-14)11-16(19)18-10-9-15(12-18)17-22(2,20)21/h4-8,13,15,17H,3,9-12H2,1-2H3/t13-,15-/m1/s1. The van der Waals surface area contributed by atoms with Gasteiger partial charge < -0.3 is 4.90 Å². The zero-order valence-corrected chi connectivity index (χ0v) is 14.0. The Hall–Kier alpha value is -1.40. The first-order chi connectivity index (χ1) is 10.4. The summed E-state index contributed by atoms with van der Waals surface area (Å²) in [5.41, 5.74) is 1.18. The Morgan fingerprint density at radius 2 is 2.05 bits per heavy atom. The summed E-state index contributed by atoms with van der Waals surface area (Å²) in [6.45, 7) is 3.18. The van der Waals surface area contributed by atoms with E-state index in [2.05, 4.69) is 23.8 Å². The van der Waals surface area contributed by atoms with Gasteiger partial charge in [0.15, 0.2) is 0 Å². The van der Waals surface area contributed by atoms with Crippen LogP contribution in [-0.2, 0) is 14.8 Å². The summed E-state index contributed by atoms with van der Waals surface area (Å²) in [6, 6.07) is 9.91. The number of nitrogens with zero attached hydrogens (tertiary/aromatic N) is 1. The normalized spacial score (nSPS) is 20.1. The topological polar surface area (TPSA) is 66.5 Å². The summed E-state index contributed by atoms with van der Waals surface area (Å²) in [7, 11) is -3.22. The summed E-state index contributed by atoms with van der Waals surface area (Å²) in [5.74, 6) is 0.323. The van der Waals surface area contributed by atoms with E-state index < -0.39 is 10.0 Å². The maximum Gasteiger partial charge on any atom is 0.223 e. The predicted molar refractivity (Wildman–Crippen MR) is 87.1 cm³/mol. The summed E-state index contributed by atoms with van der Waals surface area (Å²) >= 11 is 0. The molecule has 0 radical (unpaired) electrons. The van der Waals surface area contributed by atoms with Gasteiger partial charge in [-0.3, -0.25) is 4.79 Å². The van der Waals surface area contributed by atoms with Crippen LogP contribution in [0.15, 0.2) is 30.3 Å². The van der Waals surface area contributed by atoms with E-state index in [-0.39, 0.29) is 17.9 Å². The highest BCUT2D eigenvalue weighted by atomic mass is 32.2. The second-order valence-electron chi connectivity index (χ2n) is 5.94. The Bertz CT molecular complexity index is 601. The molecule has 122 valence electrons. The van der Waals surface area contributed by atoms with E-state index in [1.807, 2.05) is 18.2 Å². The maximum absolute atomic E-state index is 12.4. The summed E-state index contributed by atoms with van der Waals surface area (Å²) in [4.78, 5) is 14.2. The molecule has 1 amide bonds. The van der Waals surface area contributed by atoms with Gasteiger partial charge in [0, 0.05) is 25.6 Å². The van der Waals surface area contributed by atoms with Crippen LogP contribution in [-0.4, -0.2) is 44.6 Å². The molecule has 1 aliphatic rings. The molecule has 1 aromatic rings. The molecule has 0 saturated carbocycles. The maximum atomic E-state index is 12.4. The first kappa shape index (κ1) is 17.0. The van der Waals surface area contributed by atoms with Gasteiger partial charge in [0.05, 0.1) is 6.26 Å². The molecule has 0 unspecified atom stereocenters. The zero-order chi connectivity index (χ0) is 16.2. The average molecular weight is 324 g/mol. The molecule has 2 atom stereocenters. The molecule has 1 fully saturated rings. The van der Waals surface area contributed by atoms with Crippen LogP contribution in [0, 0.1) is 0 Å². The van der Waals surface area contributed by atoms with Crippen molar-refractivity contribution in [2.24, 2.45) is 0 Å². The van der Waals surface area contributed by atoms with E-state index in [1.54, 1.807) is 4.90 Å². The number of benzene rings is 1. The molecule has 0 aliphatic carbocycles. The van der Waals surface area contributed by atoms with Crippen molar-refractivity contribution in [2.75, 3.05) is 19.3 Å². The fraction of sp³-hybridized carbons (Fsp3) is 0.562. The Balaban J connectivity index is 1.92. The van der Waals surface area contributed by atoms with Gasteiger partial charge in [-0.25, -0.2) is 13.1 Å². The van der Waals surface area contributed by atoms with Crippen molar-refractivity contribution in [3.63, 3.8) is 0 Å². The molecule has 22 heavy (non-hydrogen) atoms. The first-order valence-corrected chi connectivity index (χ1v) is 9.58. The lowest BCUT2D eigenvalue weighted by Crippen LogP contribution is -2.38. The second kappa shape index (κ2) is 7.24. The molecule has 1 N–H and O–H groups in total. The highest BCUT2D eigenvalue weighted by molar-refractivity contribution is 7.88. The third-order valence-electron chi connectivity index (χ3n) is 4.11. The zero-order valence-electron chi connectivity index (χ0n) is 13.2. The lowest BCUT2D eigenvalue weighted by atomic mass is 9.93. The molecule has 6 heteroatoms. The number of rotatable bonds is 6. The van der Waals surface area contributed by atoms with E-state index >= 15 is 0 Å². The molecule has 0 spiro atoms. The molecule has 2 rings (SSSR count). The molecular formula is C16H24N2O3S. The van der Waals surface area contributed by atoms with Gasteiger partial charge in [0.25, 0.3) is 0 Å². The number of likely N-dealkylation sites (tertiary alicyclic amines) is 1. The molecule has 1 heterocycles. The Kier molecular flexibility index (Phi) is 5.58. The van der Waals surface area contributed by atoms with Crippen molar-refractivity contribution in [3.8, 4) is 0 Å². The van der Waals surface area contributed by atoms with Crippen LogP contribution in [0.3, 0.4) is 0 Å². The number of nitrogens with one attached hydrogen (secondary N) is 1. The highest BCUT2D eigenvalue weighted by Gasteiger charge is 2.29. The van der Waals surface area contributed by atoms with Crippen LogP contribution in [0.1, 0.15) is 37.7 Å². The van der Waals surface area contributed by atoms with Crippen molar-refractivity contribution < 1.29 is 13.2 Å². The van der Waals surface area contributed by atoms with Crippen LogP contribution in [0.4, 0.5) is 0 Å². The van der Waals surface area contributed by atoms with E-state index in [0.29, 0.717) is 25.9 Å². The van der Waals surface area contributed by atoms with E-state index in [0.717, 1.165) is 12.7 Å². The quantitative estimate of drug-likeness (QED) is 0.866. The molecule has 1 aliphatic heterocycles. The van der Waals surface area contributed by atoms with Crippen molar-refractivity contribution in [3.05, 3.63) is 35.9 Å². The van der Waals surface area contributed by atoms with Crippen LogP contribution in [0.5, 0.6) is 0 Å². The predicted octanol–water partition coefficient (Wildman–Crippen LogP) is 1.72. The van der Waals surface area contributed by atoms with Crippen LogP contribution >= 0.6 is 0 Å². The van der Waals surface area contributed by atoms with Gasteiger partial charge in [0.2, 0.25) is 15.9 Å². The number of hydrogen-bond donors (Lipinski definition) is 1. The third-order valence-corrected chi connectivity index (χ3v) is 4.87. The Morgan fingerprint density at radius 3 is 2.64 bits per heavy atom. The Morgan fingerprint density at radius 1 is 1.36 bits per heavy atom. The minimum Gasteiger partial charge on any atom is -0.341 e.